The van der Waals surface area contributed by atoms with Gasteiger partial charge < -0.3 is 58.0 Å². The quantitative estimate of drug-likeness (QED) is 0.0236. The van der Waals surface area contributed by atoms with Crippen LogP contribution in [-0.4, -0.2) is 124 Å². The molecule has 2 atom stereocenters. The molecule has 3 aromatic rings. The number of alkyl carbamates (subject to hydrolysis) is 2. The number of hydrogen-bond donors (Lipinski definition) is 2. The Hall–Kier alpha value is -5.94. The largest absolute Gasteiger partial charge is 0.493 e. The van der Waals surface area contributed by atoms with Crippen LogP contribution in [0, 0.1) is 10.8 Å². The first-order valence-electron chi connectivity index (χ1n) is 32.5. The predicted octanol–water partition coefficient (Wildman–Crippen LogP) is 16.4. The van der Waals surface area contributed by atoms with Gasteiger partial charge in [-0.05, 0) is 182 Å². The van der Waals surface area contributed by atoms with Gasteiger partial charge in [-0.25, -0.2) is 19.2 Å². The lowest BCUT2D eigenvalue weighted by Crippen LogP contribution is -2.46. The number of carbonyl (C=O) groups is 4. The number of esters is 2. The predicted molar refractivity (Wildman–Crippen MR) is 358 cm³/mol. The van der Waals surface area contributed by atoms with E-state index < -0.39 is 46.5 Å². The normalized spacial score (nSPS) is 13.4. The number of benzene rings is 3. The molecule has 90 heavy (non-hydrogen) atoms. The van der Waals surface area contributed by atoms with Crippen LogP contribution in [0.25, 0.3) is 0 Å². The summed E-state index contributed by atoms with van der Waals surface area (Å²) in [6.45, 7) is 47.9. The number of unbranched alkanes of at least 4 members (excludes halogenated alkanes) is 2. The lowest BCUT2D eigenvalue weighted by Gasteiger charge is -2.44. The van der Waals surface area contributed by atoms with Gasteiger partial charge in [-0.2, -0.15) is 0 Å². The molecule has 2 unspecified atom stereocenters. The molecule has 0 saturated heterocycles. The van der Waals surface area contributed by atoms with Crippen LogP contribution >= 0.6 is 0 Å². The van der Waals surface area contributed by atoms with Crippen molar-refractivity contribution in [3.8, 4) is 11.5 Å². The molecular weight excluding hydrogens is 1140 g/mol. The zero-order chi connectivity index (χ0) is 67.5. The molecule has 0 fully saturated rings. The van der Waals surface area contributed by atoms with E-state index in [1.54, 1.807) is 13.8 Å². The molecule has 0 aliphatic carbocycles. The number of nitrogens with one attached hydrogen (secondary N) is 2. The molecule has 0 aliphatic rings. The molecule has 0 aromatic heterocycles. The number of ether oxygens (including phenoxy) is 10. The fourth-order valence-electron chi connectivity index (χ4n) is 9.78. The van der Waals surface area contributed by atoms with Gasteiger partial charge in [0.05, 0.1) is 62.0 Å². The monoisotopic (exact) mass is 1260 g/mol. The maximum Gasteiger partial charge on any atom is 0.407 e. The molecule has 0 spiro atoms. The Morgan fingerprint density at radius 3 is 1.07 bits per heavy atom. The highest BCUT2D eigenvalue weighted by atomic mass is 16.6. The van der Waals surface area contributed by atoms with E-state index in [0.717, 1.165) is 74.0 Å². The van der Waals surface area contributed by atoms with Crippen molar-refractivity contribution in [2.24, 2.45) is 10.8 Å². The summed E-state index contributed by atoms with van der Waals surface area (Å²) in [6, 6.07) is 27.8. The minimum Gasteiger partial charge on any atom is -0.493 e. The minimum absolute atomic E-state index is 0.172. The maximum absolute atomic E-state index is 13.0. The Morgan fingerprint density at radius 1 is 0.411 bits per heavy atom. The second kappa shape index (κ2) is 36.3. The third-order valence-electron chi connectivity index (χ3n) is 17.8. The van der Waals surface area contributed by atoms with Gasteiger partial charge in [0.25, 0.3) is 0 Å². The molecule has 0 radical (unpaired) electrons. The topological polar surface area (TPSA) is 185 Å². The van der Waals surface area contributed by atoms with E-state index in [0.29, 0.717) is 76.7 Å². The first kappa shape index (κ1) is 78.3. The lowest BCUT2D eigenvalue weighted by molar-refractivity contribution is -0.139. The van der Waals surface area contributed by atoms with Crippen molar-refractivity contribution in [2.75, 3.05) is 65.9 Å². The second-order valence-corrected chi connectivity index (χ2v) is 28.5. The highest BCUT2D eigenvalue weighted by Crippen LogP contribution is 2.43. The molecular formula is C74H116N2O14. The SMILES string of the molecule is C=C(C)C(=O)OCCCNC(=O)OC(C)(C)C(COC(C)(C)C(C)(C)CCCCOC(C)(C)CCOc1ccc(OCCC(C)(C)OCCCCC(C)(C)C(C)(C)OCC(c2ccccc2)C(C)(C)OC(=O)NCCCOC(=O)C(=C)C)cc1)c1ccccc1. The van der Waals surface area contributed by atoms with Crippen molar-refractivity contribution in [2.45, 2.75) is 234 Å². The molecule has 2 N–H and O–H groups in total. The maximum atomic E-state index is 13.0. The fourth-order valence-corrected chi connectivity index (χ4v) is 9.78. The van der Waals surface area contributed by atoms with Gasteiger partial charge in [0.1, 0.15) is 22.7 Å². The third-order valence-corrected chi connectivity index (χ3v) is 17.8. The zero-order valence-corrected chi connectivity index (χ0v) is 58.5. The van der Waals surface area contributed by atoms with Crippen LogP contribution in [0.5, 0.6) is 11.5 Å². The number of hydrogen-bond acceptors (Lipinski definition) is 14. The summed E-state index contributed by atoms with van der Waals surface area (Å²) in [5.41, 5.74) is -1.21. The summed E-state index contributed by atoms with van der Waals surface area (Å²) in [4.78, 5) is 49.3. The van der Waals surface area contributed by atoms with Crippen molar-refractivity contribution in [1.82, 2.24) is 10.6 Å². The standard InChI is InChI=1S/C74H116N2O14/c1-55(2)63(77)83-47-31-45-75-65(79)89-71(13,14)61(57-33-23-21-24-34-57)53-87-73(17,18)67(5,6)41-27-29-49-85-69(9,10)43-51-81-59-37-39-60(40-38-59)82-52-44-70(11,12)86-50-30-28-42-68(7,8)74(19,20)88-54-62(58-35-25-22-26-36-58)72(15,16)90-66(80)76-46-32-48-84-64(78)56(3)4/h21-26,33-40,61-62H,1,3,27-32,41-54H2,2,4-20H3,(H,75,79)(H,76,80). The summed E-state index contributed by atoms with van der Waals surface area (Å²) in [7, 11) is 0. The van der Waals surface area contributed by atoms with Gasteiger partial charge in [0.2, 0.25) is 0 Å². The number of amides is 2. The van der Waals surface area contributed by atoms with Gasteiger partial charge in [0, 0.05) is 62.1 Å². The van der Waals surface area contributed by atoms with Crippen LogP contribution < -0.4 is 20.1 Å². The summed E-state index contributed by atoms with van der Waals surface area (Å²) in [5.74, 6) is 0.153. The van der Waals surface area contributed by atoms with Gasteiger partial charge >= 0.3 is 24.1 Å². The molecule has 3 aromatic carbocycles. The zero-order valence-electron chi connectivity index (χ0n) is 58.5. The average Bonchev–Trinajstić information content (AvgIpc) is 0.927. The Bertz CT molecular complexity index is 2460. The van der Waals surface area contributed by atoms with E-state index in [2.05, 4.69) is 107 Å². The van der Waals surface area contributed by atoms with E-state index in [4.69, 9.17) is 47.4 Å². The molecule has 0 aliphatic heterocycles. The summed E-state index contributed by atoms with van der Waals surface area (Å²) < 4.78 is 61.0. The number of carbonyl (C=O) groups excluding carboxylic acids is 4. The smallest absolute Gasteiger partial charge is 0.407 e. The first-order valence-corrected chi connectivity index (χ1v) is 32.5. The summed E-state index contributed by atoms with van der Waals surface area (Å²) >= 11 is 0. The van der Waals surface area contributed by atoms with Gasteiger partial charge in [0.15, 0.2) is 0 Å². The third kappa shape index (κ3) is 28.3. The van der Waals surface area contributed by atoms with E-state index in [1.807, 2.05) is 113 Å². The van der Waals surface area contributed by atoms with Gasteiger partial charge in [-0.15, -0.1) is 0 Å². The fraction of sp³-hybridized carbons (Fsp3) is 0.649. The second-order valence-electron chi connectivity index (χ2n) is 28.5. The van der Waals surface area contributed by atoms with E-state index in [9.17, 15) is 19.2 Å². The van der Waals surface area contributed by atoms with Crippen LogP contribution in [0.3, 0.4) is 0 Å². The molecule has 16 heteroatoms. The van der Waals surface area contributed by atoms with Crippen molar-refractivity contribution < 1.29 is 66.5 Å². The lowest BCUT2D eigenvalue weighted by atomic mass is 9.73. The van der Waals surface area contributed by atoms with E-state index >= 15 is 0 Å². The summed E-state index contributed by atoms with van der Waals surface area (Å²) in [6.07, 6.45) is 6.88. The minimum atomic E-state index is -0.905. The highest BCUT2D eigenvalue weighted by Gasteiger charge is 2.43. The van der Waals surface area contributed by atoms with Gasteiger partial charge in [-0.1, -0.05) is 114 Å². The highest BCUT2D eigenvalue weighted by molar-refractivity contribution is 5.87. The van der Waals surface area contributed by atoms with Crippen molar-refractivity contribution >= 4 is 24.1 Å². The Balaban J connectivity index is 1.35. The Labute approximate surface area is 541 Å². The van der Waals surface area contributed by atoms with Crippen molar-refractivity contribution in [3.63, 3.8) is 0 Å². The average molecular weight is 1260 g/mol. The molecule has 506 valence electrons. The first-order chi connectivity index (χ1) is 41.9. The molecule has 0 bridgehead atoms. The Kier molecular flexibility index (Phi) is 31.6. The number of rotatable bonds is 44. The molecule has 16 nitrogen and oxygen atoms in total. The van der Waals surface area contributed by atoms with E-state index in [1.165, 1.54) is 0 Å². The molecule has 3 rings (SSSR count). The van der Waals surface area contributed by atoms with Crippen LogP contribution in [0.4, 0.5) is 9.59 Å². The Morgan fingerprint density at radius 2 is 0.744 bits per heavy atom. The molecule has 0 heterocycles. The van der Waals surface area contributed by atoms with E-state index in [-0.39, 0.29) is 47.1 Å². The van der Waals surface area contributed by atoms with Crippen LogP contribution in [0.1, 0.15) is 212 Å². The molecule has 0 saturated carbocycles. The van der Waals surface area contributed by atoms with Crippen LogP contribution in [0.15, 0.2) is 109 Å². The van der Waals surface area contributed by atoms with Gasteiger partial charge in [-0.3, -0.25) is 0 Å². The van der Waals surface area contributed by atoms with Crippen molar-refractivity contribution in [3.05, 3.63) is 120 Å². The molecule has 2 amide bonds. The van der Waals surface area contributed by atoms with Crippen molar-refractivity contribution in [1.29, 1.82) is 0 Å². The summed E-state index contributed by atoms with van der Waals surface area (Å²) in [5, 5.41) is 5.57. The van der Waals surface area contributed by atoms with Crippen LogP contribution in [0.2, 0.25) is 0 Å². The van der Waals surface area contributed by atoms with Crippen LogP contribution in [-0.2, 0) is 47.5 Å².